The standard InChI is InChI=1S/C20H23ClN2O2/c21-19-9-5-4-6-17(19)16-20(24)23-12-10-22(11-13-23)14-15-25-18-7-2-1-3-8-18/h1-9H,10-16H2. The lowest BCUT2D eigenvalue weighted by Gasteiger charge is -2.34. The van der Waals surface area contributed by atoms with Gasteiger partial charge in [0.05, 0.1) is 6.42 Å². The second kappa shape index (κ2) is 8.88. The quantitative estimate of drug-likeness (QED) is 0.795. The summed E-state index contributed by atoms with van der Waals surface area (Å²) in [4.78, 5) is 16.7. The molecule has 0 bridgehead atoms. The number of piperazine rings is 1. The minimum atomic E-state index is 0.147. The van der Waals surface area contributed by atoms with Crippen LogP contribution in [0.25, 0.3) is 0 Å². The van der Waals surface area contributed by atoms with E-state index in [1.807, 2.05) is 59.5 Å². The Labute approximate surface area is 154 Å². The van der Waals surface area contributed by atoms with Crippen molar-refractivity contribution in [1.29, 1.82) is 0 Å². The molecule has 0 saturated carbocycles. The van der Waals surface area contributed by atoms with E-state index in [2.05, 4.69) is 4.90 Å². The molecular formula is C20H23ClN2O2. The zero-order valence-corrected chi connectivity index (χ0v) is 15.0. The van der Waals surface area contributed by atoms with Gasteiger partial charge in [0, 0.05) is 37.7 Å². The number of amides is 1. The molecule has 0 unspecified atom stereocenters. The Bertz CT molecular complexity index is 685. The van der Waals surface area contributed by atoms with E-state index in [4.69, 9.17) is 16.3 Å². The van der Waals surface area contributed by atoms with Crippen LogP contribution in [0.3, 0.4) is 0 Å². The molecule has 1 heterocycles. The van der Waals surface area contributed by atoms with Crippen molar-refractivity contribution in [3.8, 4) is 5.75 Å². The van der Waals surface area contributed by atoms with Crippen molar-refractivity contribution >= 4 is 17.5 Å². The largest absolute Gasteiger partial charge is 0.492 e. The molecule has 0 aromatic heterocycles. The molecule has 4 nitrogen and oxygen atoms in total. The minimum Gasteiger partial charge on any atom is -0.492 e. The second-order valence-corrected chi connectivity index (χ2v) is 6.56. The second-order valence-electron chi connectivity index (χ2n) is 6.15. The molecular weight excluding hydrogens is 336 g/mol. The summed E-state index contributed by atoms with van der Waals surface area (Å²) in [5.74, 6) is 1.05. The molecule has 2 aromatic carbocycles. The highest BCUT2D eigenvalue weighted by Crippen LogP contribution is 2.17. The van der Waals surface area contributed by atoms with Crippen LogP contribution in [0.2, 0.25) is 5.02 Å². The van der Waals surface area contributed by atoms with Crippen molar-refractivity contribution < 1.29 is 9.53 Å². The van der Waals surface area contributed by atoms with Gasteiger partial charge in [0.1, 0.15) is 12.4 Å². The molecule has 1 saturated heterocycles. The van der Waals surface area contributed by atoms with Crippen LogP contribution in [0.1, 0.15) is 5.56 Å². The number of halogens is 1. The summed E-state index contributed by atoms with van der Waals surface area (Å²) in [6, 6.07) is 17.4. The Morgan fingerprint density at radius 3 is 2.36 bits per heavy atom. The molecule has 0 aliphatic carbocycles. The number of nitrogens with zero attached hydrogens (tertiary/aromatic N) is 2. The van der Waals surface area contributed by atoms with E-state index in [0.29, 0.717) is 18.1 Å². The van der Waals surface area contributed by atoms with Gasteiger partial charge in [-0.05, 0) is 23.8 Å². The molecule has 3 rings (SSSR count). The first-order chi connectivity index (χ1) is 12.2. The predicted octanol–water partition coefficient (Wildman–Crippen LogP) is 3.11. The zero-order valence-electron chi connectivity index (χ0n) is 14.2. The Morgan fingerprint density at radius 2 is 1.64 bits per heavy atom. The first-order valence-electron chi connectivity index (χ1n) is 8.64. The molecule has 0 atom stereocenters. The molecule has 5 heteroatoms. The third-order valence-corrected chi connectivity index (χ3v) is 4.81. The Kier molecular flexibility index (Phi) is 6.31. The van der Waals surface area contributed by atoms with Crippen LogP contribution in [0.5, 0.6) is 5.75 Å². The normalized spacial score (nSPS) is 15.2. The van der Waals surface area contributed by atoms with Gasteiger partial charge < -0.3 is 9.64 Å². The van der Waals surface area contributed by atoms with Crippen LogP contribution in [0, 0.1) is 0 Å². The molecule has 2 aromatic rings. The highest BCUT2D eigenvalue weighted by Gasteiger charge is 2.21. The van der Waals surface area contributed by atoms with Crippen molar-refractivity contribution in [3.63, 3.8) is 0 Å². The first-order valence-corrected chi connectivity index (χ1v) is 9.01. The van der Waals surface area contributed by atoms with Gasteiger partial charge in [0.25, 0.3) is 0 Å². The van der Waals surface area contributed by atoms with Crippen molar-refractivity contribution in [1.82, 2.24) is 9.80 Å². The molecule has 1 aliphatic rings. The molecule has 25 heavy (non-hydrogen) atoms. The Balaban J connectivity index is 1.39. The van der Waals surface area contributed by atoms with Gasteiger partial charge >= 0.3 is 0 Å². The minimum absolute atomic E-state index is 0.147. The van der Waals surface area contributed by atoms with Crippen molar-refractivity contribution in [2.75, 3.05) is 39.3 Å². The van der Waals surface area contributed by atoms with E-state index in [9.17, 15) is 4.79 Å². The van der Waals surface area contributed by atoms with E-state index in [1.54, 1.807) is 0 Å². The first kappa shape index (κ1) is 17.8. The molecule has 1 aliphatic heterocycles. The summed E-state index contributed by atoms with van der Waals surface area (Å²) < 4.78 is 5.74. The fourth-order valence-electron chi connectivity index (χ4n) is 2.95. The Morgan fingerprint density at radius 1 is 0.960 bits per heavy atom. The zero-order chi connectivity index (χ0) is 17.5. The summed E-state index contributed by atoms with van der Waals surface area (Å²) in [5.41, 5.74) is 0.896. The third-order valence-electron chi connectivity index (χ3n) is 4.44. The average Bonchev–Trinajstić information content (AvgIpc) is 2.65. The van der Waals surface area contributed by atoms with Gasteiger partial charge in [-0.3, -0.25) is 9.69 Å². The number of carbonyl (C=O) groups is 1. The molecule has 132 valence electrons. The van der Waals surface area contributed by atoms with E-state index in [1.165, 1.54) is 0 Å². The number of hydrogen-bond donors (Lipinski definition) is 0. The molecule has 0 spiro atoms. The number of benzene rings is 2. The van der Waals surface area contributed by atoms with Crippen molar-refractivity contribution in [2.24, 2.45) is 0 Å². The fourth-order valence-corrected chi connectivity index (χ4v) is 3.15. The summed E-state index contributed by atoms with van der Waals surface area (Å²) in [7, 11) is 0. The summed E-state index contributed by atoms with van der Waals surface area (Å²) in [5, 5.41) is 0.660. The van der Waals surface area contributed by atoms with E-state index in [-0.39, 0.29) is 5.91 Å². The van der Waals surface area contributed by atoms with Crippen LogP contribution >= 0.6 is 11.6 Å². The molecule has 1 fully saturated rings. The lowest BCUT2D eigenvalue weighted by molar-refractivity contribution is -0.132. The fraction of sp³-hybridized carbons (Fsp3) is 0.350. The smallest absolute Gasteiger partial charge is 0.227 e. The van der Waals surface area contributed by atoms with Crippen LogP contribution < -0.4 is 4.74 Å². The van der Waals surface area contributed by atoms with Crippen LogP contribution in [0.15, 0.2) is 54.6 Å². The lowest BCUT2D eigenvalue weighted by atomic mass is 10.1. The van der Waals surface area contributed by atoms with Gasteiger partial charge in [0.2, 0.25) is 5.91 Å². The maximum absolute atomic E-state index is 12.4. The third kappa shape index (κ3) is 5.21. The lowest BCUT2D eigenvalue weighted by Crippen LogP contribution is -2.49. The topological polar surface area (TPSA) is 32.8 Å². The van der Waals surface area contributed by atoms with Crippen molar-refractivity contribution in [2.45, 2.75) is 6.42 Å². The van der Waals surface area contributed by atoms with Gasteiger partial charge in [-0.25, -0.2) is 0 Å². The maximum atomic E-state index is 12.4. The maximum Gasteiger partial charge on any atom is 0.227 e. The summed E-state index contributed by atoms with van der Waals surface area (Å²) >= 11 is 6.15. The Hall–Kier alpha value is -2.04. The van der Waals surface area contributed by atoms with E-state index < -0.39 is 0 Å². The number of rotatable bonds is 6. The van der Waals surface area contributed by atoms with Crippen LogP contribution in [0.4, 0.5) is 0 Å². The highest BCUT2D eigenvalue weighted by molar-refractivity contribution is 6.31. The van der Waals surface area contributed by atoms with Gasteiger partial charge in [-0.15, -0.1) is 0 Å². The van der Waals surface area contributed by atoms with Crippen molar-refractivity contribution in [3.05, 3.63) is 65.2 Å². The van der Waals surface area contributed by atoms with Crippen LogP contribution in [-0.2, 0) is 11.2 Å². The van der Waals surface area contributed by atoms with Gasteiger partial charge in [-0.2, -0.15) is 0 Å². The number of para-hydroxylation sites is 1. The predicted molar refractivity (Wildman–Crippen MR) is 100 cm³/mol. The van der Waals surface area contributed by atoms with E-state index in [0.717, 1.165) is 44.0 Å². The van der Waals surface area contributed by atoms with Gasteiger partial charge in [0.15, 0.2) is 0 Å². The molecule has 0 N–H and O–H groups in total. The average molecular weight is 359 g/mol. The summed E-state index contributed by atoms with van der Waals surface area (Å²) in [6.45, 7) is 4.82. The highest BCUT2D eigenvalue weighted by atomic mass is 35.5. The SMILES string of the molecule is O=C(Cc1ccccc1Cl)N1CCN(CCOc2ccccc2)CC1. The summed E-state index contributed by atoms with van der Waals surface area (Å²) in [6.07, 6.45) is 0.372. The van der Waals surface area contributed by atoms with E-state index >= 15 is 0 Å². The monoisotopic (exact) mass is 358 g/mol. The molecule has 0 radical (unpaired) electrons. The molecule has 1 amide bonds. The van der Waals surface area contributed by atoms with Gasteiger partial charge in [-0.1, -0.05) is 48.0 Å². The van der Waals surface area contributed by atoms with Crippen LogP contribution in [-0.4, -0.2) is 55.0 Å². The number of ether oxygens (including phenoxy) is 1. The number of carbonyl (C=O) groups excluding carboxylic acids is 1. The number of hydrogen-bond acceptors (Lipinski definition) is 3.